The molecule has 0 aliphatic rings. The zero-order valence-corrected chi connectivity index (χ0v) is 11.0. The molecule has 5 nitrogen and oxygen atoms in total. The Kier molecular flexibility index (Phi) is 5.11. The normalized spacial score (nSPS) is 11.7. The van der Waals surface area contributed by atoms with Gasteiger partial charge in [0.15, 0.2) is 0 Å². The van der Waals surface area contributed by atoms with Crippen LogP contribution in [0.15, 0.2) is 28.7 Å². The summed E-state index contributed by atoms with van der Waals surface area (Å²) in [5.41, 5.74) is 6.02. The van der Waals surface area contributed by atoms with E-state index in [0.29, 0.717) is 5.69 Å². The molecule has 0 bridgehead atoms. The Hall–Kier alpha value is -1.40. The Morgan fingerprint density at radius 2 is 1.94 bits per heavy atom. The molecule has 0 aromatic heterocycles. The molecule has 17 heavy (non-hydrogen) atoms. The maximum Gasteiger partial charge on any atom is 0.243 e. The van der Waals surface area contributed by atoms with E-state index >= 15 is 0 Å². The standard InChI is InChI=1S/C11H14BrN3O2/c1-7(13)11(17)14-6-10(16)15-9-4-2-8(12)3-5-9/h2-5,7H,6,13H2,1H3,(H,14,17)(H,15,16)/t7-/m0/s1. The van der Waals surface area contributed by atoms with Crippen LogP contribution in [-0.2, 0) is 9.59 Å². The lowest BCUT2D eigenvalue weighted by Crippen LogP contribution is -2.41. The number of carbonyl (C=O) groups excluding carboxylic acids is 2. The van der Waals surface area contributed by atoms with Gasteiger partial charge >= 0.3 is 0 Å². The van der Waals surface area contributed by atoms with E-state index < -0.39 is 6.04 Å². The lowest BCUT2D eigenvalue weighted by molar-refractivity contribution is -0.124. The predicted molar refractivity (Wildman–Crippen MR) is 69.4 cm³/mol. The van der Waals surface area contributed by atoms with E-state index in [9.17, 15) is 9.59 Å². The Morgan fingerprint density at radius 3 is 2.47 bits per heavy atom. The first kappa shape index (κ1) is 13.7. The highest BCUT2D eigenvalue weighted by atomic mass is 79.9. The van der Waals surface area contributed by atoms with Crippen LogP contribution in [0.2, 0.25) is 0 Å². The van der Waals surface area contributed by atoms with Crippen LogP contribution < -0.4 is 16.4 Å². The van der Waals surface area contributed by atoms with Crippen molar-refractivity contribution in [3.63, 3.8) is 0 Å². The van der Waals surface area contributed by atoms with Gasteiger partial charge in [-0.25, -0.2) is 0 Å². The molecule has 0 aliphatic carbocycles. The number of amides is 2. The highest BCUT2D eigenvalue weighted by Crippen LogP contribution is 2.13. The van der Waals surface area contributed by atoms with E-state index in [-0.39, 0.29) is 18.4 Å². The quantitative estimate of drug-likeness (QED) is 0.771. The van der Waals surface area contributed by atoms with Crippen LogP contribution in [0.1, 0.15) is 6.92 Å². The third-order valence-corrected chi connectivity index (χ3v) is 2.49. The van der Waals surface area contributed by atoms with Crippen LogP contribution in [0, 0.1) is 0 Å². The molecule has 1 aromatic rings. The van der Waals surface area contributed by atoms with Crippen molar-refractivity contribution in [2.24, 2.45) is 5.73 Å². The number of carbonyl (C=O) groups is 2. The summed E-state index contributed by atoms with van der Waals surface area (Å²) in [5, 5.41) is 5.08. The van der Waals surface area contributed by atoms with Crippen LogP contribution in [0.5, 0.6) is 0 Å². The van der Waals surface area contributed by atoms with Gasteiger partial charge in [-0.05, 0) is 31.2 Å². The molecule has 0 spiro atoms. The number of rotatable bonds is 4. The summed E-state index contributed by atoms with van der Waals surface area (Å²) in [5.74, 6) is -0.641. The van der Waals surface area contributed by atoms with Crippen molar-refractivity contribution < 1.29 is 9.59 Å². The van der Waals surface area contributed by atoms with E-state index in [4.69, 9.17) is 5.73 Å². The molecule has 0 saturated carbocycles. The average molecular weight is 300 g/mol. The largest absolute Gasteiger partial charge is 0.346 e. The smallest absolute Gasteiger partial charge is 0.243 e. The van der Waals surface area contributed by atoms with Crippen LogP contribution in [0.25, 0.3) is 0 Å². The summed E-state index contributed by atoms with van der Waals surface area (Å²) in [4.78, 5) is 22.6. The van der Waals surface area contributed by atoms with Crippen molar-refractivity contribution in [2.75, 3.05) is 11.9 Å². The molecule has 0 heterocycles. The van der Waals surface area contributed by atoms with Gasteiger partial charge in [0.05, 0.1) is 12.6 Å². The average Bonchev–Trinajstić information content (AvgIpc) is 2.29. The van der Waals surface area contributed by atoms with Crippen molar-refractivity contribution >= 4 is 33.4 Å². The first-order valence-electron chi connectivity index (χ1n) is 5.08. The summed E-state index contributed by atoms with van der Waals surface area (Å²) in [6.45, 7) is 1.47. The predicted octanol–water partition coefficient (Wildman–Crippen LogP) is 0.851. The molecular formula is C11H14BrN3O2. The number of hydrogen-bond acceptors (Lipinski definition) is 3. The van der Waals surface area contributed by atoms with Gasteiger partial charge < -0.3 is 16.4 Å². The van der Waals surface area contributed by atoms with E-state index in [1.54, 1.807) is 19.1 Å². The minimum absolute atomic E-state index is 0.0869. The first-order valence-corrected chi connectivity index (χ1v) is 5.87. The monoisotopic (exact) mass is 299 g/mol. The number of nitrogens with two attached hydrogens (primary N) is 1. The summed E-state index contributed by atoms with van der Waals surface area (Å²) >= 11 is 3.29. The van der Waals surface area contributed by atoms with Gasteiger partial charge in [0.1, 0.15) is 0 Å². The Labute approximate surface area is 108 Å². The molecule has 0 aliphatic heterocycles. The third kappa shape index (κ3) is 4.97. The first-order chi connectivity index (χ1) is 7.99. The Balaban J connectivity index is 2.40. The number of benzene rings is 1. The maximum absolute atomic E-state index is 11.4. The fraction of sp³-hybridized carbons (Fsp3) is 0.273. The van der Waals surface area contributed by atoms with Crippen LogP contribution in [0.3, 0.4) is 0 Å². The van der Waals surface area contributed by atoms with Gasteiger partial charge in [-0.3, -0.25) is 9.59 Å². The van der Waals surface area contributed by atoms with Gasteiger partial charge in [0, 0.05) is 10.2 Å². The van der Waals surface area contributed by atoms with Gasteiger partial charge in [-0.1, -0.05) is 15.9 Å². The molecular weight excluding hydrogens is 286 g/mol. The molecule has 92 valence electrons. The molecule has 1 atom stereocenters. The SMILES string of the molecule is C[C@H](N)C(=O)NCC(=O)Nc1ccc(Br)cc1. The Bertz CT molecular complexity index is 404. The molecule has 6 heteroatoms. The minimum Gasteiger partial charge on any atom is -0.346 e. The van der Waals surface area contributed by atoms with E-state index in [0.717, 1.165) is 4.47 Å². The second kappa shape index (κ2) is 6.36. The highest BCUT2D eigenvalue weighted by Gasteiger charge is 2.09. The second-order valence-electron chi connectivity index (χ2n) is 3.56. The number of nitrogens with one attached hydrogen (secondary N) is 2. The summed E-state index contributed by atoms with van der Waals surface area (Å²) < 4.78 is 0.931. The number of halogens is 1. The molecule has 0 saturated heterocycles. The minimum atomic E-state index is -0.615. The van der Waals surface area contributed by atoms with Crippen LogP contribution in [-0.4, -0.2) is 24.4 Å². The lowest BCUT2D eigenvalue weighted by atomic mass is 10.3. The maximum atomic E-state index is 11.4. The van der Waals surface area contributed by atoms with E-state index in [1.165, 1.54) is 0 Å². The van der Waals surface area contributed by atoms with Gasteiger partial charge in [-0.2, -0.15) is 0 Å². The van der Waals surface area contributed by atoms with Crippen molar-refractivity contribution in [1.82, 2.24) is 5.32 Å². The van der Waals surface area contributed by atoms with Crippen molar-refractivity contribution in [1.29, 1.82) is 0 Å². The lowest BCUT2D eigenvalue weighted by Gasteiger charge is -2.08. The van der Waals surface area contributed by atoms with Crippen molar-refractivity contribution in [3.8, 4) is 0 Å². The highest BCUT2D eigenvalue weighted by molar-refractivity contribution is 9.10. The third-order valence-electron chi connectivity index (χ3n) is 1.96. The van der Waals surface area contributed by atoms with Crippen molar-refractivity contribution in [2.45, 2.75) is 13.0 Å². The van der Waals surface area contributed by atoms with Crippen molar-refractivity contribution in [3.05, 3.63) is 28.7 Å². The molecule has 0 fully saturated rings. The topological polar surface area (TPSA) is 84.2 Å². The molecule has 0 unspecified atom stereocenters. The van der Waals surface area contributed by atoms with Crippen LogP contribution in [0.4, 0.5) is 5.69 Å². The Morgan fingerprint density at radius 1 is 1.35 bits per heavy atom. The summed E-state index contributed by atoms with van der Waals surface area (Å²) in [7, 11) is 0. The molecule has 4 N–H and O–H groups in total. The zero-order chi connectivity index (χ0) is 12.8. The van der Waals surface area contributed by atoms with Gasteiger partial charge in [0.2, 0.25) is 11.8 Å². The van der Waals surface area contributed by atoms with E-state index in [1.807, 2.05) is 12.1 Å². The molecule has 1 rings (SSSR count). The molecule has 0 radical (unpaired) electrons. The molecule has 2 amide bonds. The summed E-state index contributed by atoms with van der Waals surface area (Å²) in [6.07, 6.45) is 0. The van der Waals surface area contributed by atoms with Crippen LogP contribution >= 0.6 is 15.9 Å². The number of hydrogen-bond donors (Lipinski definition) is 3. The van der Waals surface area contributed by atoms with Gasteiger partial charge in [-0.15, -0.1) is 0 Å². The molecule has 1 aromatic carbocycles. The fourth-order valence-electron chi connectivity index (χ4n) is 1.07. The van der Waals surface area contributed by atoms with Gasteiger partial charge in [0.25, 0.3) is 0 Å². The fourth-order valence-corrected chi connectivity index (χ4v) is 1.33. The summed E-state index contributed by atoms with van der Waals surface area (Å²) in [6, 6.07) is 6.53. The van der Waals surface area contributed by atoms with E-state index in [2.05, 4.69) is 26.6 Å². The second-order valence-corrected chi connectivity index (χ2v) is 4.48. The zero-order valence-electron chi connectivity index (χ0n) is 9.37. The number of anilines is 1.